The minimum atomic E-state index is -0.549. The van der Waals surface area contributed by atoms with Gasteiger partial charge in [0.05, 0.1) is 16.2 Å². The Morgan fingerprint density at radius 3 is 2.45 bits per heavy atom. The lowest BCUT2D eigenvalue weighted by Gasteiger charge is -2.08. The van der Waals surface area contributed by atoms with Crippen LogP contribution in [0.2, 0.25) is 0 Å². The Kier molecular flexibility index (Phi) is 4.85. The first-order valence-corrected chi connectivity index (χ1v) is 8.59. The molecule has 29 heavy (non-hydrogen) atoms. The van der Waals surface area contributed by atoms with Crippen molar-refractivity contribution < 1.29 is 19.1 Å². The fraction of sp³-hybridized carbons (Fsp3) is 0.0500. The molecule has 9 heteroatoms. The summed E-state index contributed by atoms with van der Waals surface area (Å²) in [6, 6.07) is 18.9. The summed E-state index contributed by atoms with van der Waals surface area (Å²) < 4.78 is 9.94. The highest BCUT2D eigenvalue weighted by molar-refractivity contribution is 5.95. The Labute approximate surface area is 164 Å². The first-order valence-electron chi connectivity index (χ1n) is 8.59. The molecule has 0 bridgehead atoms. The van der Waals surface area contributed by atoms with Crippen LogP contribution in [0.5, 0.6) is 0 Å². The highest BCUT2D eigenvalue weighted by atomic mass is 16.6. The van der Waals surface area contributed by atoms with Crippen molar-refractivity contribution in [3.05, 3.63) is 88.0 Å². The molecule has 0 radical (unpaired) electrons. The Balaban J connectivity index is 1.47. The van der Waals surface area contributed by atoms with Gasteiger partial charge in [-0.1, -0.05) is 30.3 Å². The second-order valence-corrected chi connectivity index (χ2v) is 6.11. The van der Waals surface area contributed by atoms with Crippen LogP contribution in [0.25, 0.3) is 11.0 Å². The second-order valence-electron chi connectivity index (χ2n) is 6.11. The molecular weight excluding hydrogens is 376 g/mol. The molecule has 1 aromatic heterocycles. The third-order valence-electron chi connectivity index (χ3n) is 4.20. The summed E-state index contributed by atoms with van der Waals surface area (Å²) in [5, 5.41) is 21.5. The first-order chi connectivity index (χ1) is 14.1. The van der Waals surface area contributed by atoms with Gasteiger partial charge in [-0.2, -0.15) is 0 Å². The molecule has 0 atom stereocenters. The van der Waals surface area contributed by atoms with Gasteiger partial charge in [-0.3, -0.25) is 10.1 Å². The molecule has 0 fully saturated rings. The third-order valence-corrected chi connectivity index (χ3v) is 4.20. The van der Waals surface area contributed by atoms with Gasteiger partial charge in [0.2, 0.25) is 5.52 Å². The van der Waals surface area contributed by atoms with Crippen molar-refractivity contribution in [1.29, 1.82) is 0 Å². The van der Waals surface area contributed by atoms with Gasteiger partial charge >= 0.3 is 11.7 Å². The van der Waals surface area contributed by atoms with Crippen molar-refractivity contribution in [2.45, 2.75) is 6.61 Å². The molecule has 0 unspecified atom stereocenters. The number of nitrogens with one attached hydrogen (secondary N) is 1. The highest BCUT2D eigenvalue weighted by Crippen LogP contribution is 2.30. The van der Waals surface area contributed by atoms with Gasteiger partial charge in [-0.05, 0) is 46.2 Å². The molecule has 0 aliphatic carbocycles. The number of aromatic nitrogens is 2. The van der Waals surface area contributed by atoms with E-state index in [0.717, 1.165) is 5.56 Å². The van der Waals surface area contributed by atoms with Crippen molar-refractivity contribution >= 4 is 34.1 Å². The number of ether oxygens (including phenoxy) is 1. The van der Waals surface area contributed by atoms with E-state index in [1.807, 2.05) is 30.3 Å². The molecule has 0 aliphatic heterocycles. The minimum absolute atomic E-state index is 0.0566. The van der Waals surface area contributed by atoms with Crippen LogP contribution in [0, 0.1) is 10.1 Å². The van der Waals surface area contributed by atoms with Crippen LogP contribution in [0.4, 0.5) is 17.1 Å². The Morgan fingerprint density at radius 1 is 1.00 bits per heavy atom. The van der Waals surface area contributed by atoms with Crippen LogP contribution in [-0.4, -0.2) is 21.2 Å². The van der Waals surface area contributed by atoms with E-state index >= 15 is 0 Å². The van der Waals surface area contributed by atoms with Crippen LogP contribution in [0.15, 0.2) is 71.4 Å². The molecule has 144 valence electrons. The fourth-order valence-electron chi connectivity index (χ4n) is 2.75. The summed E-state index contributed by atoms with van der Waals surface area (Å²) in [4.78, 5) is 22.7. The van der Waals surface area contributed by atoms with Crippen LogP contribution in [0.3, 0.4) is 0 Å². The largest absolute Gasteiger partial charge is 0.457 e. The number of anilines is 2. The zero-order valence-corrected chi connectivity index (χ0v) is 14.9. The maximum Gasteiger partial charge on any atom is 0.338 e. The standard InChI is InChI=1S/C20H14N4O5/c25-20(28-12-13-4-2-1-3-5-13)14-6-8-15(9-7-14)21-16-10-11-17(24(26)27)19-18(16)22-29-23-19/h1-11,21H,12H2. The van der Waals surface area contributed by atoms with E-state index in [1.165, 1.54) is 12.1 Å². The fourth-order valence-corrected chi connectivity index (χ4v) is 2.75. The number of carbonyl (C=O) groups excluding carboxylic acids is 1. The minimum Gasteiger partial charge on any atom is -0.457 e. The molecule has 0 amide bonds. The van der Waals surface area contributed by atoms with E-state index < -0.39 is 10.9 Å². The van der Waals surface area contributed by atoms with Crippen molar-refractivity contribution in [2.24, 2.45) is 0 Å². The number of hydrogen-bond donors (Lipinski definition) is 1. The smallest absolute Gasteiger partial charge is 0.338 e. The van der Waals surface area contributed by atoms with Gasteiger partial charge in [-0.15, -0.1) is 0 Å². The lowest BCUT2D eigenvalue weighted by molar-refractivity contribution is -0.383. The van der Waals surface area contributed by atoms with Crippen LogP contribution in [-0.2, 0) is 11.3 Å². The zero-order chi connectivity index (χ0) is 20.2. The summed E-state index contributed by atoms with van der Waals surface area (Å²) >= 11 is 0. The van der Waals surface area contributed by atoms with Gasteiger partial charge in [0, 0.05) is 11.8 Å². The van der Waals surface area contributed by atoms with E-state index in [0.29, 0.717) is 16.9 Å². The van der Waals surface area contributed by atoms with Gasteiger partial charge in [0.15, 0.2) is 5.52 Å². The first kappa shape index (κ1) is 18.1. The Morgan fingerprint density at radius 2 is 1.72 bits per heavy atom. The molecular formula is C20H14N4O5. The van der Waals surface area contributed by atoms with Crippen LogP contribution >= 0.6 is 0 Å². The maximum absolute atomic E-state index is 12.2. The molecule has 9 nitrogen and oxygen atoms in total. The SMILES string of the molecule is O=C(OCc1ccccc1)c1ccc(Nc2ccc([N+](=O)[O-])c3nonc23)cc1. The Hall–Kier alpha value is -4.27. The summed E-state index contributed by atoms with van der Waals surface area (Å²) in [6.07, 6.45) is 0. The van der Waals surface area contributed by atoms with E-state index in [-0.39, 0.29) is 23.3 Å². The molecule has 4 rings (SSSR count). The number of benzene rings is 3. The predicted molar refractivity (Wildman–Crippen MR) is 104 cm³/mol. The summed E-state index contributed by atoms with van der Waals surface area (Å²) in [5.41, 5.74) is 2.56. The number of nitro groups is 1. The number of nitro benzene ring substituents is 1. The predicted octanol–water partition coefficient (Wildman–Crippen LogP) is 4.23. The van der Waals surface area contributed by atoms with Crippen LogP contribution in [0.1, 0.15) is 15.9 Å². The van der Waals surface area contributed by atoms with Crippen molar-refractivity contribution in [3.8, 4) is 0 Å². The van der Waals surface area contributed by atoms with E-state index in [9.17, 15) is 14.9 Å². The third kappa shape index (κ3) is 3.88. The monoisotopic (exact) mass is 390 g/mol. The average molecular weight is 390 g/mol. The van der Waals surface area contributed by atoms with Crippen LogP contribution < -0.4 is 5.32 Å². The Bertz CT molecular complexity index is 1170. The number of esters is 1. The van der Waals surface area contributed by atoms with Gasteiger partial charge in [0.25, 0.3) is 0 Å². The molecule has 3 aromatic carbocycles. The quantitative estimate of drug-likeness (QED) is 0.295. The molecule has 0 spiro atoms. The number of rotatable bonds is 6. The van der Waals surface area contributed by atoms with E-state index in [1.54, 1.807) is 24.3 Å². The molecule has 0 aliphatic rings. The van der Waals surface area contributed by atoms with Crippen molar-refractivity contribution in [2.75, 3.05) is 5.32 Å². The molecule has 0 saturated carbocycles. The number of carbonyl (C=O) groups is 1. The zero-order valence-electron chi connectivity index (χ0n) is 14.9. The summed E-state index contributed by atoms with van der Waals surface area (Å²) in [5.74, 6) is -0.432. The average Bonchev–Trinajstić information content (AvgIpc) is 3.23. The molecule has 1 N–H and O–H groups in total. The summed E-state index contributed by atoms with van der Waals surface area (Å²) in [6.45, 7) is 0.194. The van der Waals surface area contributed by atoms with Crippen molar-refractivity contribution in [3.63, 3.8) is 0 Å². The van der Waals surface area contributed by atoms with Gasteiger partial charge in [-0.25, -0.2) is 9.42 Å². The number of fused-ring (bicyclic) bond motifs is 1. The van der Waals surface area contributed by atoms with E-state index in [4.69, 9.17) is 4.74 Å². The number of hydrogen-bond acceptors (Lipinski definition) is 8. The molecule has 0 saturated heterocycles. The number of nitrogens with zero attached hydrogens (tertiary/aromatic N) is 3. The normalized spacial score (nSPS) is 10.6. The van der Waals surface area contributed by atoms with Gasteiger partial charge < -0.3 is 10.1 Å². The topological polar surface area (TPSA) is 120 Å². The molecule has 4 aromatic rings. The van der Waals surface area contributed by atoms with E-state index in [2.05, 4.69) is 20.3 Å². The lowest BCUT2D eigenvalue weighted by atomic mass is 10.2. The lowest BCUT2D eigenvalue weighted by Crippen LogP contribution is -2.05. The highest BCUT2D eigenvalue weighted by Gasteiger charge is 2.19. The summed E-state index contributed by atoms with van der Waals surface area (Å²) in [7, 11) is 0. The maximum atomic E-state index is 12.2. The number of non-ortho nitro benzene ring substituents is 1. The molecule has 1 heterocycles. The second kappa shape index (κ2) is 7.77. The van der Waals surface area contributed by atoms with Crippen molar-refractivity contribution in [1.82, 2.24) is 10.3 Å². The van der Waals surface area contributed by atoms with Gasteiger partial charge in [0.1, 0.15) is 6.61 Å².